The summed E-state index contributed by atoms with van der Waals surface area (Å²) in [4.78, 5) is 4.90. The minimum absolute atomic E-state index is 0.784. The quantitative estimate of drug-likeness (QED) is 0.828. The Labute approximate surface area is 116 Å². The maximum atomic E-state index is 6.30. The highest BCUT2D eigenvalue weighted by molar-refractivity contribution is 5.73. The molecule has 1 atom stereocenters. The standard InChI is InChI=1S/C16H25N3/c1-13-5-4-10-19(12-13)16-7-6-14(11-15(16)17)18-8-2-3-9-18/h6-7,11,13H,2-5,8-10,12,17H2,1H3. The number of piperidine rings is 1. The Hall–Kier alpha value is -1.38. The Kier molecular flexibility index (Phi) is 3.54. The fourth-order valence-corrected chi connectivity index (χ4v) is 3.41. The molecule has 3 nitrogen and oxygen atoms in total. The first-order valence-electron chi connectivity index (χ1n) is 7.63. The van der Waals surface area contributed by atoms with Crippen molar-refractivity contribution in [1.82, 2.24) is 0 Å². The lowest BCUT2D eigenvalue weighted by atomic mass is 9.99. The van der Waals surface area contributed by atoms with Crippen molar-refractivity contribution in [2.24, 2.45) is 5.92 Å². The second-order valence-corrected chi connectivity index (χ2v) is 6.13. The maximum absolute atomic E-state index is 6.30. The Bertz CT molecular complexity index is 438. The van der Waals surface area contributed by atoms with E-state index in [0.717, 1.165) is 24.7 Å². The highest BCUT2D eigenvalue weighted by Gasteiger charge is 2.19. The van der Waals surface area contributed by atoms with Crippen LogP contribution in [-0.2, 0) is 0 Å². The molecule has 2 aliphatic heterocycles. The lowest BCUT2D eigenvalue weighted by Gasteiger charge is -2.34. The fourth-order valence-electron chi connectivity index (χ4n) is 3.41. The van der Waals surface area contributed by atoms with Crippen LogP contribution in [0.3, 0.4) is 0 Å². The number of benzene rings is 1. The van der Waals surface area contributed by atoms with Crippen LogP contribution in [0.2, 0.25) is 0 Å². The first-order valence-corrected chi connectivity index (χ1v) is 7.63. The van der Waals surface area contributed by atoms with E-state index in [1.54, 1.807) is 0 Å². The van der Waals surface area contributed by atoms with Crippen molar-refractivity contribution >= 4 is 17.1 Å². The van der Waals surface area contributed by atoms with Crippen LogP contribution in [0, 0.1) is 5.92 Å². The van der Waals surface area contributed by atoms with Crippen molar-refractivity contribution in [2.45, 2.75) is 32.6 Å². The molecule has 0 spiro atoms. The SMILES string of the molecule is CC1CCCN(c2ccc(N3CCCC3)cc2N)C1. The first-order chi connectivity index (χ1) is 9.24. The predicted molar refractivity (Wildman–Crippen MR) is 82.9 cm³/mol. The van der Waals surface area contributed by atoms with Gasteiger partial charge in [0.05, 0.1) is 11.4 Å². The van der Waals surface area contributed by atoms with Gasteiger partial charge in [0.2, 0.25) is 0 Å². The van der Waals surface area contributed by atoms with E-state index in [1.165, 1.54) is 50.1 Å². The molecule has 3 rings (SSSR count). The Morgan fingerprint density at radius 3 is 2.47 bits per heavy atom. The zero-order valence-electron chi connectivity index (χ0n) is 11.9. The van der Waals surface area contributed by atoms with Crippen LogP contribution in [-0.4, -0.2) is 26.2 Å². The van der Waals surface area contributed by atoms with Gasteiger partial charge >= 0.3 is 0 Å². The summed E-state index contributed by atoms with van der Waals surface area (Å²) in [7, 11) is 0. The van der Waals surface area contributed by atoms with Crippen LogP contribution >= 0.6 is 0 Å². The van der Waals surface area contributed by atoms with E-state index < -0.39 is 0 Å². The van der Waals surface area contributed by atoms with Gasteiger partial charge in [-0.25, -0.2) is 0 Å². The van der Waals surface area contributed by atoms with Gasteiger partial charge in [0, 0.05) is 31.9 Å². The third-order valence-corrected chi connectivity index (χ3v) is 4.48. The van der Waals surface area contributed by atoms with Gasteiger partial charge in [0.1, 0.15) is 0 Å². The van der Waals surface area contributed by atoms with Gasteiger partial charge in [0.15, 0.2) is 0 Å². The molecule has 104 valence electrons. The molecule has 2 N–H and O–H groups in total. The average Bonchev–Trinajstić information content (AvgIpc) is 2.92. The molecule has 2 saturated heterocycles. The van der Waals surface area contributed by atoms with Crippen molar-refractivity contribution in [3.8, 4) is 0 Å². The molecule has 3 heteroatoms. The molecule has 2 aliphatic rings. The largest absolute Gasteiger partial charge is 0.397 e. The van der Waals surface area contributed by atoms with Crippen LogP contribution in [0.15, 0.2) is 18.2 Å². The Morgan fingerprint density at radius 1 is 1.05 bits per heavy atom. The summed E-state index contributed by atoms with van der Waals surface area (Å²) < 4.78 is 0. The number of nitrogens with zero attached hydrogens (tertiary/aromatic N) is 2. The monoisotopic (exact) mass is 259 g/mol. The molecule has 0 amide bonds. The number of anilines is 3. The van der Waals surface area contributed by atoms with Gasteiger partial charge in [-0.2, -0.15) is 0 Å². The third-order valence-electron chi connectivity index (χ3n) is 4.48. The molecule has 1 aromatic carbocycles. The van der Waals surface area contributed by atoms with Gasteiger partial charge < -0.3 is 15.5 Å². The zero-order valence-corrected chi connectivity index (χ0v) is 11.9. The van der Waals surface area contributed by atoms with Crippen LogP contribution in [0.25, 0.3) is 0 Å². The summed E-state index contributed by atoms with van der Waals surface area (Å²) in [6.07, 6.45) is 5.26. The molecule has 1 aromatic rings. The highest BCUT2D eigenvalue weighted by Crippen LogP contribution is 2.32. The summed E-state index contributed by atoms with van der Waals surface area (Å²) in [5.74, 6) is 0.784. The van der Waals surface area contributed by atoms with Crippen molar-refractivity contribution in [3.05, 3.63) is 18.2 Å². The molecular formula is C16H25N3. The number of rotatable bonds is 2. The van der Waals surface area contributed by atoms with E-state index in [9.17, 15) is 0 Å². The minimum atomic E-state index is 0.784. The second kappa shape index (κ2) is 5.32. The predicted octanol–water partition coefficient (Wildman–Crippen LogP) is 3.11. The number of hydrogen-bond acceptors (Lipinski definition) is 3. The lowest BCUT2D eigenvalue weighted by Crippen LogP contribution is -2.34. The zero-order chi connectivity index (χ0) is 13.2. The van der Waals surface area contributed by atoms with Gasteiger partial charge in [-0.3, -0.25) is 0 Å². The van der Waals surface area contributed by atoms with Gasteiger partial charge in [0.25, 0.3) is 0 Å². The Balaban J connectivity index is 1.79. The topological polar surface area (TPSA) is 32.5 Å². The smallest absolute Gasteiger partial charge is 0.0601 e. The van der Waals surface area contributed by atoms with Gasteiger partial charge in [-0.05, 0) is 49.8 Å². The second-order valence-electron chi connectivity index (χ2n) is 6.13. The molecule has 0 radical (unpaired) electrons. The highest BCUT2D eigenvalue weighted by atomic mass is 15.2. The molecule has 0 aliphatic carbocycles. The van der Waals surface area contributed by atoms with Crippen molar-refractivity contribution in [1.29, 1.82) is 0 Å². The molecule has 2 heterocycles. The molecule has 1 unspecified atom stereocenters. The summed E-state index contributed by atoms with van der Waals surface area (Å²) >= 11 is 0. The molecule has 0 bridgehead atoms. The molecule has 2 fully saturated rings. The van der Waals surface area contributed by atoms with Crippen LogP contribution in [0.1, 0.15) is 32.6 Å². The van der Waals surface area contributed by atoms with E-state index >= 15 is 0 Å². The van der Waals surface area contributed by atoms with Crippen LogP contribution < -0.4 is 15.5 Å². The van der Waals surface area contributed by atoms with Crippen LogP contribution in [0.5, 0.6) is 0 Å². The number of hydrogen-bond donors (Lipinski definition) is 1. The van der Waals surface area contributed by atoms with E-state index in [1.807, 2.05) is 0 Å². The fraction of sp³-hybridized carbons (Fsp3) is 0.625. The van der Waals surface area contributed by atoms with E-state index in [4.69, 9.17) is 5.73 Å². The van der Waals surface area contributed by atoms with Crippen molar-refractivity contribution in [3.63, 3.8) is 0 Å². The van der Waals surface area contributed by atoms with Gasteiger partial charge in [-0.15, -0.1) is 0 Å². The summed E-state index contributed by atoms with van der Waals surface area (Å²) in [5, 5.41) is 0. The molecule has 0 saturated carbocycles. The third kappa shape index (κ3) is 2.65. The average molecular weight is 259 g/mol. The van der Waals surface area contributed by atoms with Gasteiger partial charge in [-0.1, -0.05) is 6.92 Å². The van der Waals surface area contributed by atoms with Crippen molar-refractivity contribution in [2.75, 3.05) is 41.7 Å². The molecule has 0 aromatic heterocycles. The summed E-state index contributed by atoms with van der Waals surface area (Å²) in [6.45, 7) is 6.99. The maximum Gasteiger partial charge on any atom is 0.0601 e. The van der Waals surface area contributed by atoms with E-state index in [2.05, 4.69) is 34.9 Å². The molecular weight excluding hydrogens is 234 g/mol. The minimum Gasteiger partial charge on any atom is -0.397 e. The summed E-state index contributed by atoms with van der Waals surface area (Å²) in [6, 6.07) is 6.64. The normalized spacial score (nSPS) is 23.9. The first kappa shape index (κ1) is 12.6. The van der Waals surface area contributed by atoms with Crippen LogP contribution in [0.4, 0.5) is 17.1 Å². The van der Waals surface area contributed by atoms with E-state index in [-0.39, 0.29) is 0 Å². The van der Waals surface area contributed by atoms with E-state index in [0.29, 0.717) is 0 Å². The number of nitrogen functional groups attached to an aromatic ring is 1. The number of nitrogens with two attached hydrogens (primary N) is 1. The summed E-state index contributed by atoms with van der Waals surface area (Å²) in [5.41, 5.74) is 9.77. The lowest BCUT2D eigenvalue weighted by molar-refractivity contribution is 0.447. The molecule has 19 heavy (non-hydrogen) atoms. The van der Waals surface area contributed by atoms with Crippen molar-refractivity contribution < 1.29 is 0 Å². The Morgan fingerprint density at radius 2 is 1.79 bits per heavy atom.